The Hall–Kier alpha value is -1.60. The number of fused-ring (bicyclic) bond motifs is 6. The summed E-state index contributed by atoms with van der Waals surface area (Å²) in [5.74, 6) is 3.62. The summed E-state index contributed by atoms with van der Waals surface area (Å²) in [6, 6.07) is 16.8. The third-order valence-electron chi connectivity index (χ3n) is 11.9. The van der Waals surface area contributed by atoms with Gasteiger partial charge in [-0.25, -0.2) is 0 Å². The van der Waals surface area contributed by atoms with Crippen LogP contribution in [0.15, 0.2) is 48.5 Å². The number of hydrogen-bond acceptors (Lipinski definition) is 1. The zero-order valence-corrected chi connectivity index (χ0v) is 23.1. The van der Waals surface area contributed by atoms with Crippen LogP contribution in [0.25, 0.3) is 16.3 Å². The van der Waals surface area contributed by atoms with Gasteiger partial charge in [0.2, 0.25) is 0 Å². The molecule has 0 radical (unpaired) electrons. The molecule has 0 unspecified atom stereocenters. The Morgan fingerprint density at radius 1 is 0.857 bits per heavy atom. The smallest absolute Gasteiger partial charge is 0.0124 e. The monoisotopic (exact) mass is 469 g/mol. The summed E-state index contributed by atoms with van der Waals surface area (Å²) < 4.78 is 0. The Balaban J connectivity index is 1.23. The lowest BCUT2D eigenvalue weighted by atomic mass is 9.44. The van der Waals surface area contributed by atoms with Gasteiger partial charge in [-0.05, 0) is 142 Å². The van der Waals surface area contributed by atoms with Gasteiger partial charge in [0.1, 0.15) is 0 Å². The fourth-order valence-electron chi connectivity index (χ4n) is 9.51. The zero-order valence-electron chi connectivity index (χ0n) is 23.1. The molecule has 2 aromatic rings. The van der Waals surface area contributed by atoms with Gasteiger partial charge in [-0.15, -0.1) is 0 Å². The van der Waals surface area contributed by atoms with Gasteiger partial charge < -0.3 is 0 Å². The molecule has 6 rings (SSSR count). The van der Waals surface area contributed by atoms with Crippen LogP contribution < -0.4 is 0 Å². The lowest BCUT2D eigenvalue weighted by Crippen LogP contribution is -2.56. The minimum atomic E-state index is 0.275. The van der Waals surface area contributed by atoms with E-state index in [0.717, 1.165) is 29.7 Å². The Kier molecular flexibility index (Phi) is 5.57. The fourth-order valence-corrected chi connectivity index (χ4v) is 9.51. The van der Waals surface area contributed by atoms with E-state index < -0.39 is 0 Å². The van der Waals surface area contributed by atoms with E-state index in [-0.39, 0.29) is 5.54 Å². The molecule has 0 spiro atoms. The molecule has 4 aliphatic rings. The largest absolute Gasteiger partial charge is 0.299 e. The highest BCUT2D eigenvalue weighted by atomic mass is 15.2. The van der Waals surface area contributed by atoms with E-state index in [4.69, 9.17) is 0 Å². The van der Waals surface area contributed by atoms with E-state index in [9.17, 15) is 0 Å². The first-order chi connectivity index (χ1) is 16.6. The highest BCUT2D eigenvalue weighted by Gasteiger charge is 2.59. The molecule has 7 atom stereocenters. The second-order valence-corrected chi connectivity index (χ2v) is 14.2. The summed E-state index contributed by atoms with van der Waals surface area (Å²) in [6.07, 6.45) is 14.0. The molecule has 3 fully saturated rings. The first kappa shape index (κ1) is 23.8. The van der Waals surface area contributed by atoms with Crippen molar-refractivity contribution in [3.63, 3.8) is 0 Å². The first-order valence-corrected chi connectivity index (χ1v) is 14.5. The van der Waals surface area contributed by atoms with Gasteiger partial charge in [0, 0.05) is 11.6 Å². The molecule has 4 aliphatic carbocycles. The molecule has 2 aromatic carbocycles. The summed E-state index contributed by atoms with van der Waals surface area (Å²) in [6.45, 7) is 12.5. The van der Waals surface area contributed by atoms with Crippen LogP contribution >= 0.6 is 0 Å². The Labute approximate surface area is 214 Å². The van der Waals surface area contributed by atoms with Gasteiger partial charge in [0.25, 0.3) is 0 Å². The Bertz CT molecular complexity index is 1140. The molecular formula is C34H47N. The molecule has 188 valence electrons. The summed E-state index contributed by atoms with van der Waals surface area (Å²) in [5.41, 5.74) is 4.34. The molecule has 1 nitrogen and oxygen atoms in total. The van der Waals surface area contributed by atoms with Crippen molar-refractivity contribution < 1.29 is 0 Å². The first-order valence-electron chi connectivity index (χ1n) is 14.5. The van der Waals surface area contributed by atoms with Crippen LogP contribution in [0.5, 0.6) is 0 Å². The number of allylic oxidation sites excluding steroid dienone is 2. The van der Waals surface area contributed by atoms with E-state index in [2.05, 4.69) is 95.1 Å². The molecular weight excluding hydrogens is 422 g/mol. The van der Waals surface area contributed by atoms with E-state index in [1.165, 1.54) is 67.7 Å². The van der Waals surface area contributed by atoms with Gasteiger partial charge >= 0.3 is 0 Å². The van der Waals surface area contributed by atoms with Crippen molar-refractivity contribution in [2.45, 2.75) is 97.6 Å². The van der Waals surface area contributed by atoms with Gasteiger partial charge in [0.15, 0.2) is 0 Å². The van der Waals surface area contributed by atoms with Crippen molar-refractivity contribution in [3.8, 4) is 0 Å². The van der Waals surface area contributed by atoms with Crippen LogP contribution in [-0.4, -0.2) is 23.5 Å². The SMILES string of the molecule is CN([C@@H]1CC[C@@]2(C)[C@@H](CC[C@@H]3[C@@H]2CC[C@]2(C)C(c4ccc5ccccc5c4)=CC[C@@H]32)C1)C(C)(C)C. The van der Waals surface area contributed by atoms with Crippen molar-refractivity contribution in [1.82, 2.24) is 4.90 Å². The second-order valence-electron chi connectivity index (χ2n) is 14.2. The van der Waals surface area contributed by atoms with Crippen LogP contribution in [0.3, 0.4) is 0 Å². The fraction of sp³-hybridized carbons (Fsp3) is 0.647. The second kappa shape index (κ2) is 8.20. The Morgan fingerprint density at radius 2 is 1.63 bits per heavy atom. The lowest BCUT2D eigenvalue weighted by molar-refractivity contribution is -0.112. The van der Waals surface area contributed by atoms with Crippen molar-refractivity contribution in [1.29, 1.82) is 0 Å². The minimum Gasteiger partial charge on any atom is -0.299 e. The van der Waals surface area contributed by atoms with Crippen molar-refractivity contribution in [2.24, 2.45) is 34.5 Å². The Morgan fingerprint density at radius 3 is 2.40 bits per heavy atom. The third-order valence-corrected chi connectivity index (χ3v) is 11.9. The third kappa shape index (κ3) is 3.66. The van der Waals surface area contributed by atoms with Gasteiger partial charge in [-0.3, -0.25) is 4.90 Å². The molecule has 35 heavy (non-hydrogen) atoms. The average Bonchev–Trinajstić information content (AvgIpc) is 3.19. The van der Waals surface area contributed by atoms with Crippen LogP contribution in [-0.2, 0) is 0 Å². The summed E-state index contributed by atoms with van der Waals surface area (Å²) in [4.78, 5) is 2.69. The molecule has 0 aliphatic heterocycles. The number of rotatable bonds is 2. The van der Waals surface area contributed by atoms with Gasteiger partial charge in [0.05, 0.1) is 0 Å². The van der Waals surface area contributed by atoms with Crippen molar-refractivity contribution in [3.05, 3.63) is 54.1 Å². The maximum Gasteiger partial charge on any atom is 0.0124 e. The number of nitrogens with zero attached hydrogens (tertiary/aromatic N) is 1. The molecule has 3 saturated carbocycles. The highest BCUT2D eigenvalue weighted by molar-refractivity contribution is 5.87. The van der Waals surface area contributed by atoms with Gasteiger partial charge in [-0.1, -0.05) is 56.3 Å². The van der Waals surface area contributed by atoms with E-state index in [1.807, 2.05) is 0 Å². The van der Waals surface area contributed by atoms with Crippen LogP contribution in [0.4, 0.5) is 0 Å². The quantitative estimate of drug-likeness (QED) is 0.424. The minimum absolute atomic E-state index is 0.275. The highest BCUT2D eigenvalue weighted by Crippen LogP contribution is 2.67. The van der Waals surface area contributed by atoms with Crippen molar-refractivity contribution >= 4 is 16.3 Å². The number of hydrogen-bond donors (Lipinski definition) is 0. The normalized spacial score (nSPS) is 39.2. The van der Waals surface area contributed by atoms with Crippen LogP contribution in [0, 0.1) is 34.5 Å². The van der Waals surface area contributed by atoms with Crippen LogP contribution in [0.1, 0.15) is 91.5 Å². The summed E-state index contributed by atoms with van der Waals surface area (Å²) in [7, 11) is 2.38. The maximum atomic E-state index is 2.72. The zero-order chi connectivity index (χ0) is 24.6. The molecule has 0 saturated heterocycles. The number of benzene rings is 2. The molecule has 0 N–H and O–H groups in total. The maximum absolute atomic E-state index is 2.72. The van der Waals surface area contributed by atoms with E-state index in [1.54, 1.807) is 5.57 Å². The lowest BCUT2D eigenvalue weighted by Gasteiger charge is -2.62. The van der Waals surface area contributed by atoms with E-state index >= 15 is 0 Å². The average molecular weight is 470 g/mol. The van der Waals surface area contributed by atoms with Gasteiger partial charge in [-0.2, -0.15) is 0 Å². The molecule has 0 heterocycles. The predicted octanol–water partition coefficient (Wildman–Crippen LogP) is 8.97. The molecule has 1 heteroatoms. The molecule has 0 amide bonds. The van der Waals surface area contributed by atoms with Crippen LogP contribution in [0.2, 0.25) is 0 Å². The topological polar surface area (TPSA) is 3.24 Å². The predicted molar refractivity (Wildman–Crippen MR) is 150 cm³/mol. The summed E-state index contributed by atoms with van der Waals surface area (Å²) in [5, 5.41) is 2.75. The van der Waals surface area contributed by atoms with Crippen molar-refractivity contribution in [2.75, 3.05) is 7.05 Å². The molecule has 0 aromatic heterocycles. The summed E-state index contributed by atoms with van der Waals surface area (Å²) >= 11 is 0. The van der Waals surface area contributed by atoms with E-state index in [0.29, 0.717) is 10.8 Å². The standard InChI is InChI=1S/C34H47N/c1-32(2,3)35(6)27-17-19-33(4)26(22-27)13-14-28-30-16-15-29(34(30,5)20-18-31(28)33)25-12-11-23-9-7-8-10-24(23)21-25/h7-12,15,21,26-28,30-31H,13-14,16-20,22H2,1-6H3/t26-,27+,28-,30-,31-,33-,34+/m0/s1. The molecule has 0 bridgehead atoms.